The van der Waals surface area contributed by atoms with E-state index in [9.17, 15) is 14.7 Å². The molecule has 0 saturated carbocycles. The van der Waals surface area contributed by atoms with E-state index in [1.807, 2.05) is 0 Å². The highest BCUT2D eigenvalue weighted by atomic mass is 16.6. The van der Waals surface area contributed by atoms with E-state index < -0.39 is 17.9 Å². The highest BCUT2D eigenvalue weighted by Crippen LogP contribution is 2.31. The highest BCUT2D eigenvalue weighted by Gasteiger charge is 2.35. The number of ether oxygens (including phenoxy) is 2. The summed E-state index contributed by atoms with van der Waals surface area (Å²) in [6, 6.07) is 4.44. The molecule has 1 heterocycles. The summed E-state index contributed by atoms with van der Waals surface area (Å²) in [4.78, 5) is 22.7. The third kappa shape index (κ3) is 1.71. The van der Waals surface area contributed by atoms with Crippen LogP contribution in [0.15, 0.2) is 18.2 Å². The van der Waals surface area contributed by atoms with Crippen molar-refractivity contribution in [1.82, 2.24) is 0 Å². The SMILES string of the molecule is COC(=O)C1Cc2ccc(O)cc2OC1=O. The van der Waals surface area contributed by atoms with Gasteiger partial charge in [-0.25, -0.2) is 0 Å². The number of fused-ring (bicyclic) bond motifs is 1. The number of phenolic OH excluding ortho intramolecular Hbond substituents is 1. The van der Waals surface area contributed by atoms with E-state index in [0.717, 1.165) is 0 Å². The van der Waals surface area contributed by atoms with Crippen molar-refractivity contribution in [2.24, 2.45) is 5.92 Å². The first-order valence-corrected chi connectivity index (χ1v) is 4.73. The Morgan fingerprint density at radius 2 is 2.31 bits per heavy atom. The number of carbonyl (C=O) groups is 2. The Morgan fingerprint density at radius 1 is 1.56 bits per heavy atom. The van der Waals surface area contributed by atoms with Crippen LogP contribution in [0.25, 0.3) is 0 Å². The van der Waals surface area contributed by atoms with Crippen LogP contribution in [-0.2, 0) is 20.7 Å². The normalized spacial score (nSPS) is 18.6. The molecule has 5 nitrogen and oxygen atoms in total. The van der Waals surface area contributed by atoms with Crippen molar-refractivity contribution in [3.63, 3.8) is 0 Å². The Morgan fingerprint density at radius 3 is 3.00 bits per heavy atom. The molecule has 5 heteroatoms. The number of methoxy groups -OCH3 is 1. The van der Waals surface area contributed by atoms with Crippen molar-refractivity contribution in [3.05, 3.63) is 23.8 Å². The van der Waals surface area contributed by atoms with Gasteiger partial charge < -0.3 is 14.6 Å². The van der Waals surface area contributed by atoms with Gasteiger partial charge in [0.25, 0.3) is 0 Å². The predicted molar refractivity (Wildman–Crippen MR) is 53.0 cm³/mol. The molecule has 16 heavy (non-hydrogen) atoms. The number of esters is 2. The Bertz CT molecular complexity index is 452. The molecular formula is C11H10O5. The molecule has 1 N–H and O–H groups in total. The molecule has 0 aromatic heterocycles. The lowest BCUT2D eigenvalue weighted by molar-refractivity contribution is -0.156. The predicted octanol–water partition coefficient (Wildman–Crippen LogP) is 0.643. The Kier molecular flexibility index (Phi) is 2.52. The quantitative estimate of drug-likeness (QED) is 0.429. The largest absolute Gasteiger partial charge is 0.508 e. The average Bonchev–Trinajstić information content (AvgIpc) is 2.27. The Hall–Kier alpha value is -2.04. The number of rotatable bonds is 1. The molecule has 1 aromatic carbocycles. The van der Waals surface area contributed by atoms with Gasteiger partial charge in [0.2, 0.25) is 0 Å². The standard InChI is InChI=1S/C11H10O5/c1-15-10(13)8-4-6-2-3-7(12)5-9(6)16-11(8)14/h2-3,5,8,12H,4H2,1H3. The van der Waals surface area contributed by atoms with Gasteiger partial charge in [0.1, 0.15) is 11.5 Å². The zero-order chi connectivity index (χ0) is 11.7. The molecule has 0 bridgehead atoms. The third-order valence-electron chi connectivity index (χ3n) is 2.46. The van der Waals surface area contributed by atoms with E-state index in [-0.39, 0.29) is 12.2 Å². The number of carbonyl (C=O) groups excluding carboxylic acids is 2. The summed E-state index contributed by atoms with van der Waals surface area (Å²) < 4.78 is 9.46. The lowest BCUT2D eigenvalue weighted by atomic mass is 9.96. The van der Waals surface area contributed by atoms with Crippen LogP contribution >= 0.6 is 0 Å². The summed E-state index contributed by atoms with van der Waals surface area (Å²) in [6.45, 7) is 0. The van der Waals surface area contributed by atoms with Gasteiger partial charge in [-0.15, -0.1) is 0 Å². The van der Waals surface area contributed by atoms with Crippen molar-refractivity contribution < 1.29 is 24.2 Å². The number of hydrogen-bond acceptors (Lipinski definition) is 5. The molecule has 2 rings (SSSR count). The molecule has 0 aliphatic carbocycles. The van der Waals surface area contributed by atoms with Crippen molar-refractivity contribution in [3.8, 4) is 11.5 Å². The first-order chi connectivity index (χ1) is 7.61. The maximum Gasteiger partial charge on any atom is 0.326 e. The highest BCUT2D eigenvalue weighted by molar-refractivity contribution is 5.97. The van der Waals surface area contributed by atoms with Gasteiger partial charge in [-0.2, -0.15) is 0 Å². The second-order valence-corrected chi connectivity index (χ2v) is 3.49. The summed E-state index contributed by atoms with van der Waals surface area (Å²) in [6.07, 6.45) is 0.237. The molecule has 1 aromatic rings. The maximum atomic E-state index is 11.5. The smallest absolute Gasteiger partial charge is 0.326 e. The van der Waals surface area contributed by atoms with E-state index in [2.05, 4.69) is 4.74 Å². The van der Waals surface area contributed by atoms with E-state index in [1.54, 1.807) is 6.07 Å². The number of benzene rings is 1. The van der Waals surface area contributed by atoms with Crippen LogP contribution < -0.4 is 4.74 Å². The minimum Gasteiger partial charge on any atom is -0.508 e. The van der Waals surface area contributed by atoms with Crippen LogP contribution in [0.2, 0.25) is 0 Å². The Labute approximate surface area is 91.6 Å². The van der Waals surface area contributed by atoms with Gasteiger partial charge in [-0.1, -0.05) is 6.07 Å². The van der Waals surface area contributed by atoms with E-state index in [0.29, 0.717) is 11.3 Å². The zero-order valence-electron chi connectivity index (χ0n) is 8.60. The van der Waals surface area contributed by atoms with E-state index in [4.69, 9.17) is 4.74 Å². The van der Waals surface area contributed by atoms with Crippen molar-refractivity contribution in [2.75, 3.05) is 7.11 Å². The molecule has 84 valence electrons. The summed E-state index contributed by atoms with van der Waals surface area (Å²) in [5.74, 6) is -1.86. The first kappa shape index (κ1) is 10.5. The van der Waals surface area contributed by atoms with Crippen molar-refractivity contribution in [1.29, 1.82) is 0 Å². The lowest BCUT2D eigenvalue weighted by Gasteiger charge is -2.21. The number of phenols is 1. The van der Waals surface area contributed by atoms with Crippen LogP contribution in [0.3, 0.4) is 0 Å². The minimum absolute atomic E-state index is 0.0167. The molecule has 1 unspecified atom stereocenters. The Balaban J connectivity index is 2.32. The summed E-state index contributed by atoms with van der Waals surface area (Å²) >= 11 is 0. The zero-order valence-corrected chi connectivity index (χ0v) is 8.60. The molecule has 1 aliphatic heterocycles. The summed E-state index contributed by atoms with van der Waals surface area (Å²) in [5, 5.41) is 9.21. The molecule has 0 amide bonds. The summed E-state index contributed by atoms with van der Waals surface area (Å²) in [5.41, 5.74) is 0.702. The van der Waals surface area contributed by atoms with Crippen LogP contribution in [-0.4, -0.2) is 24.2 Å². The fourth-order valence-electron chi connectivity index (χ4n) is 1.61. The summed E-state index contributed by atoms with van der Waals surface area (Å²) in [7, 11) is 1.22. The average molecular weight is 222 g/mol. The molecular weight excluding hydrogens is 212 g/mol. The van der Waals surface area contributed by atoms with Gasteiger partial charge >= 0.3 is 11.9 Å². The molecule has 0 spiro atoms. The van der Waals surface area contributed by atoms with Gasteiger partial charge in [-0.05, 0) is 11.6 Å². The molecule has 0 saturated heterocycles. The van der Waals surface area contributed by atoms with Crippen LogP contribution in [0.1, 0.15) is 5.56 Å². The van der Waals surface area contributed by atoms with Crippen molar-refractivity contribution >= 4 is 11.9 Å². The van der Waals surface area contributed by atoms with Gasteiger partial charge in [0, 0.05) is 12.5 Å². The molecule has 1 atom stereocenters. The van der Waals surface area contributed by atoms with Gasteiger partial charge in [0.05, 0.1) is 7.11 Å². The second-order valence-electron chi connectivity index (χ2n) is 3.49. The van der Waals surface area contributed by atoms with Crippen molar-refractivity contribution in [2.45, 2.75) is 6.42 Å². The third-order valence-corrected chi connectivity index (χ3v) is 2.46. The van der Waals surface area contributed by atoms with Crippen LogP contribution in [0, 0.1) is 5.92 Å². The van der Waals surface area contributed by atoms with E-state index in [1.165, 1.54) is 19.2 Å². The fraction of sp³-hybridized carbons (Fsp3) is 0.273. The minimum atomic E-state index is -0.915. The maximum absolute atomic E-state index is 11.5. The number of aromatic hydroxyl groups is 1. The first-order valence-electron chi connectivity index (χ1n) is 4.73. The monoisotopic (exact) mass is 222 g/mol. The number of hydrogen-bond donors (Lipinski definition) is 1. The van der Waals surface area contributed by atoms with Crippen LogP contribution in [0.4, 0.5) is 0 Å². The lowest BCUT2D eigenvalue weighted by Crippen LogP contribution is -2.34. The molecule has 1 aliphatic rings. The van der Waals surface area contributed by atoms with Crippen LogP contribution in [0.5, 0.6) is 11.5 Å². The van der Waals surface area contributed by atoms with Gasteiger partial charge in [0.15, 0.2) is 5.92 Å². The fourth-order valence-corrected chi connectivity index (χ4v) is 1.61. The molecule has 0 fully saturated rings. The molecule has 0 radical (unpaired) electrons. The topological polar surface area (TPSA) is 72.8 Å². The van der Waals surface area contributed by atoms with E-state index >= 15 is 0 Å². The van der Waals surface area contributed by atoms with Gasteiger partial charge in [-0.3, -0.25) is 9.59 Å². The second kappa shape index (κ2) is 3.84.